The van der Waals surface area contributed by atoms with Gasteiger partial charge in [0.25, 0.3) is 0 Å². The molecule has 0 aliphatic carbocycles. The summed E-state index contributed by atoms with van der Waals surface area (Å²) in [5.74, 6) is 0.346. The van der Waals surface area contributed by atoms with Crippen LogP contribution >= 0.6 is 0 Å². The minimum Gasteiger partial charge on any atom is -0.333 e. The number of hydrogen-bond acceptors (Lipinski definition) is 2. The largest absolute Gasteiger partial charge is 0.333 e. The molecule has 3 rings (SSSR count). The number of carbonyl (C=O) groups excluding carboxylic acids is 1. The van der Waals surface area contributed by atoms with Crippen molar-refractivity contribution in [2.24, 2.45) is 0 Å². The molecule has 0 radical (unpaired) electrons. The van der Waals surface area contributed by atoms with E-state index in [1.165, 1.54) is 12.0 Å². The van der Waals surface area contributed by atoms with E-state index in [0.717, 1.165) is 45.3 Å². The fourth-order valence-electron chi connectivity index (χ4n) is 3.73. The average molecular weight is 272 g/mol. The minimum absolute atomic E-state index is 0.123. The Hall–Kier alpha value is -1.35. The first-order chi connectivity index (χ1) is 9.70. The molecule has 0 unspecified atom stereocenters. The Kier molecular flexibility index (Phi) is 3.79. The van der Waals surface area contributed by atoms with Crippen LogP contribution in [0.25, 0.3) is 0 Å². The van der Waals surface area contributed by atoms with Crippen molar-refractivity contribution in [3.63, 3.8) is 0 Å². The van der Waals surface area contributed by atoms with E-state index < -0.39 is 0 Å². The molecule has 1 amide bonds. The summed E-state index contributed by atoms with van der Waals surface area (Å²) in [5, 5.41) is 0. The minimum atomic E-state index is 0.123. The van der Waals surface area contributed by atoms with Gasteiger partial charge in [-0.25, -0.2) is 0 Å². The number of hydrogen-bond donors (Lipinski definition) is 0. The van der Waals surface area contributed by atoms with E-state index in [1.54, 1.807) is 0 Å². The van der Waals surface area contributed by atoms with Crippen LogP contribution in [0.4, 0.5) is 0 Å². The van der Waals surface area contributed by atoms with Crippen LogP contribution in [0, 0.1) is 0 Å². The highest BCUT2D eigenvalue weighted by Crippen LogP contribution is 2.39. The third-order valence-corrected chi connectivity index (χ3v) is 5.00. The molecular weight excluding hydrogens is 248 g/mol. The van der Waals surface area contributed by atoms with Crippen molar-refractivity contribution in [2.75, 3.05) is 20.1 Å². The molecule has 2 aliphatic heterocycles. The molecule has 20 heavy (non-hydrogen) atoms. The molecular formula is C17H24N2O. The van der Waals surface area contributed by atoms with Gasteiger partial charge < -0.3 is 9.80 Å². The second kappa shape index (κ2) is 5.57. The Labute approximate surface area is 121 Å². The van der Waals surface area contributed by atoms with Crippen LogP contribution in [0.3, 0.4) is 0 Å². The van der Waals surface area contributed by atoms with Gasteiger partial charge in [-0.05, 0) is 44.8 Å². The van der Waals surface area contributed by atoms with E-state index in [0.29, 0.717) is 5.91 Å². The average Bonchev–Trinajstić information content (AvgIpc) is 2.65. The second-order valence-corrected chi connectivity index (χ2v) is 6.35. The monoisotopic (exact) mass is 272 g/mol. The van der Waals surface area contributed by atoms with Gasteiger partial charge in [0.1, 0.15) is 0 Å². The normalized spacial score (nSPS) is 28.1. The highest BCUT2D eigenvalue weighted by Gasteiger charge is 2.45. The van der Waals surface area contributed by atoms with Crippen molar-refractivity contribution in [1.82, 2.24) is 9.80 Å². The Morgan fingerprint density at radius 1 is 1.10 bits per heavy atom. The standard InChI is InChI=1S/C17H24N2O/c1-18-12-5-9-17(11-13-18)10-8-16(20)19(17)14-15-6-3-2-4-7-15/h2-4,6-7H,5,8-14H2,1H3/t17-/m1/s1. The van der Waals surface area contributed by atoms with E-state index in [4.69, 9.17) is 0 Å². The molecule has 0 N–H and O–H groups in total. The van der Waals surface area contributed by atoms with Gasteiger partial charge >= 0.3 is 0 Å². The van der Waals surface area contributed by atoms with E-state index in [1.807, 2.05) is 6.07 Å². The van der Waals surface area contributed by atoms with E-state index in [-0.39, 0.29) is 5.54 Å². The Morgan fingerprint density at radius 2 is 1.90 bits per heavy atom. The lowest BCUT2D eigenvalue weighted by molar-refractivity contribution is -0.132. The topological polar surface area (TPSA) is 23.6 Å². The molecule has 1 atom stereocenters. The van der Waals surface area contributed by atoms with Crippen LogP contribution in [0.15, 0.2) is 30.3 Å². The smallest absolute Gasteiger partial charge is 0.223 e. The van der Waals surface area contributed by atoms with Crippen molar-refractivity contribution in [3.8, 4) is 0 Å². The fraction of sp³-hybridized carbons (Fsp3) is 0.588. The molecule has 2 heterocycles. The predicted octanol–water partition coefficient (Wildman–Crippen LogP) is 2.66. The molecule has 2 saturated heterocycles. The Morgan fingerprint density at radius 3 is 2.70 bits per heavy atom. The summed E-state index contributed by atoms with van der Waals surface area (Å²) < 4.78 is 0. The summed E-state index contributed by atoms with van der Waals surface area (Å²) in [6.45, 7) is 3.05. The molecule has 3 heteroatoms. The Bertz CT molecular complexity index is 473. The molecule has 0 aromatic heterocycles. The first kappa shape index (κ1) is 13.6. The molecule has 3 nitrogen and oxygen atoms in total. The number of nitrogens with zero attached hydrogens (tertiary/aromatic N) is 2. The van der Waals surface area contributed by atoms with Crippen LogP contribution in [0.1, 0.15) is 37.7 Å². The van der Waals surface area contributed by atoms with Crippen molar-refractivity contribution in [2.45, 2.75) is 44.2 Å². The Balaban J connectivity index is 1.81. The summed E-state index contributed by atoms with van der Waals surface area (Å²) >= 11 is 0. The van der Waals surface area contributed by atoms with Crippen molar-refractivity contribution >= 4 is 5.91 Å². The number of amides is 1. The van der Waals surface area contributed by atoms with Gasteiger partial charge in [0.2, 0.25) is 5.91 Å². The van der Waals surface area contributed by atoms with E-state index >= 15 is 0 Å². The van der Waals surface area contributed by atoms with E-state index in [2.05, 4.69) is 41.1 Å². The van der Waals surface area contributed by atoms with Gasteiger partial charge in [-0.3, -0.25) is 4.79 Å². The molecule has 1 spiro atoms. The lowest BCUT2D eigenvalue weighted by Crippen LogP contribution is -2.45. The maximum Gasteiger partial charge on any atom is 0.223 e. The zero-order valence-corrected chi connectivity index (χ0v) is 12.3. The van der Waals surface area contributed by atoms with Crippen LogP contribution in [0.5, 0.6) is 0 Å². The van der Waals surface area contributed by atoms with Crippen LogP contribution in [0.2, 0.25) is 0 Å². The maximum atomic E-state index is 12.4. The number of benzene rings is 1. The summed E-state index contributed by atoms with van der Waals surface area (Å²) in [5.41, 5.74) is 1.37. The first-order valence-corrected chi connectivity index (χ1v) is 7.73. The molecule has 1 aromatic carbocycles. The third kappa shape index (κ3) is 2.59. The van der Waals surface area contributed by atoms with Crippen molar-refractivity contribution in [1.29, 1.82) is 0 Å². The van der Waals surface area contributed by atoms with Gasteiger partial charge in [0, 0.05) is 25.0 Å². The van der Waals surface area contributed by atoms with Gasteiger partial charge in [-0.15, -0.1) is 0 Å². The number of carbonyl (C=O) groups is 1. The lowest BCUT2D eigenvalue weighted by Gasteiger charge is -2.38. The van der Waals surface area contributed by atoms with Crippen LogP contribution in [-0.2, 0) is 11.3 Å². The fourth-order valence-corrected chi connectivity index (χ4v) is 3.73. The summed E-state index contributed by atoms with van der Waals surface area (Å²) in [4.78, 5) is 16.9. The highest BCUT2D eigenvalue weighted by molar-refractivity contribution is 5.79. The molecule has 2 aliphatic rings. The quantitative estimate of drug-likeness (QED) is 0.826. The number of likely N-dealkylation sites (tertiary alicyclic amines) is 2. The SMILES string of the molecule is CN1CCC[C@@]2(CCC(=O)N2Cc2ccccc2)CC1. The summed E-state index contributed by atoms with van der Waals surface area (Å²) in [6, 6.07) is 10.4. The summed E-state index contributed by atoms with van der Waals surface area (Å²) in [6.07, 6.45) is 5.27. The predicted molar refractivity (Wildman–Crippen MR) is 80.3 cm³/mol. The van der Waals surface area contributed by atoms with Gasteiger partial charge in [0.05, 0.1) is 0 Å². The van der Waals surface area contributed by atoms with Crippen molar-refractivity contribution < 1.29 is 4.79 Å². The summed E-state index contributed by atoms with van der Waals surface area (Å²) in [7, 11) is 2.19. The molecule has 1 aromatic rings. The van der Waals surface area contributed by atoms with Crippen LogP contribution in [-0.4, -0.2) is 41.4 Å². The molecule has 0 saturated carbocycles. The zero-order valence-electron chi connectivity index (χ0n) is 12.3. The lowest BCUT2D eigenvalue weighted by atomic mass is 9.87. The zero-order chi connectivity index (χ0) is 14.0. The van der Waals surface area contributed by atoms with Gasteiger partial charge in [-0.2, -0.15) is 0 Å². The number of rotatable bonds is 2. The third-order valence-electron chi connectivity index (χ3n) is 5.00. The molecule has 2 fully saturated rings. The maximum absolute atomic E-state index is 12.4. The van der Waals surface area contributed by atoms with Gasteiger partial charge in [-0.1, -0.05) is 30.3 Å². The molecule has 108 valence electrons. The first-order valence-electron chi connectivity index (χ1n) is 7.73. The second-order valence-electron chi connectivity index (χ2n) is 6.35. The molecule has 0 bridgehead atoms. The van der Waals surface area contributed by atoms with E-state index in [9.17, 15) is 4.79 Å². The van der Waals surface area contributed by atoms with Crippen molar-refractivity contribution in [3.05, 3.63) is 35.9 Å². The van der Waals surface area contributed by atoms with Crippen LogP contribution < -0.4 is 0 Å². The van der Waals surface area contributed by atoms with Gasteiger partial charge in [0.15, 0.2) is 0 Å². The highest BCUT2D eigenvalue weighted by atomic mass is 16.2.